The van der Waals surface area contributed by atoms with Crippen molar-refractivity contribution < 1.29 is 14.3 Å². The molecule has 1 saturated carbocycles. The highest BCUT2D eigenvalue weighted by molar-refractivity contribution is 5.82. The van der Waals surface area contributed by atoms with Crippen LogP contribution in [0.1, 0.15) is 49.8 Å². The first-order valence-corrected chi connectivity index (χ1v) is 8.74. The van der Waals surface area contributed by atoms with Crippen LogP contribution in [0.2, 0.25) is 0 Å². The number of carbonyl (C=O) groups excluding carboxylic acids is 1. The molecular weight excluding hydrogens is 290 g/mol. The average Bonchev–Trinajstić information content (AvgIpc) is 3.26. The molecule has 4 nitrogen and oxygen atoms in total. The standard InChI is InChI=1S/C19H25NO3/c1-12-3-4-17-15(9-12)16(20-18(21)14-10-13(14)2)11-19(23-17)5-7-22-8-6-19/h3-4,9,13-14,16H,5-8,10-11H2,1-2H3,(H,20,21). The number of nitrogens with one attached hydrogen (secondary N) is 1. The van der Waals surface area contributed by atoms with Crippen LogP contribution in [0.15, 0.2) is 18.2 Å². The van der Waals surface area contributed by atoms with Crippen LogP contribution in [0, 0.1) is 18.8 Å². The molecule has 3 atom stereocenters. The zero-order valence-electron chi connectivity index (χ0n) is 13.9. The Morgan fingerprint density at radius 1 is 1.30 bits per heavy atom. The van der Waals surface area contributed by atoms with Crippen LogP contribution in [0.3, 0.4) is 0 Å². The maximum Gasteiger partial charge on any atom is 0.223 e. The summed E-state index contributed by atoms with van der Waals surface area (Å²) in [7, 11) is 0. The third kappa shape index (κ3) is 2.85. The molecule has 1 amide bonds. The minimum Gasteiger partial charge on any atom is -0.487 e. The smallest absolute Gasteiger partial charge is 0.223 e. The van der Waals surface area contributed by atoms with E-state index in [4.69, 9.17) is 9.47 Å². The fourth-order valence-electron chi connectivity index (χ4n) is 3.93. The van der Waals surface area contributed by atoms with E-state index in [1.54, 1.807) is 0 Å². The maximum atomic E-state index is 12.5. The van der Waals surface area contributed by atoms with Crippen LogP contribution < -0.4 is 10.1 Å². The van der Waals surface area contributed by atoms with E-state index in [0.717, 1.165) is 50.2 Å². The van der Waals surface area contributed by atoms with Crippen molar-refractivity contribution in [2.24, 2.45) is 11.8 Å². The number of amides is 1. The molecule has 1 aliphatic carbocycles. The molecule has 1 aromatic carbocycles. The van der Waals surface area contributed by atoms with Crippen molar-refractivity contribution in [2.75, 3.05) is 13.2 Å². The van der Waals surface area contributed by atoms with E-state index in [-0.39, 0.29) is 23.5 Å². The van der Waals surface area contributed by atoms with Gasteiger partial charge in [0.25, 0.3) is 0 Å². The summed E-state index contributed by atoms with van der Waals surface area (Å²) in [6.45, 7) is 5.70. The molecule has 124 valence electrons. The Hall–Kier alpha value is -1.55. The normalized spacial score (nSPS) is 31.1. The molecule has 2 aliphatic heterocycles. The number of ether oxygens (including phenoxy) is 2. The van der Waals surface area contributed by atoms with Gasteiger partial charge in [-0.3, -0.25) is 4.79 Å². The first-order valence-electron chi connectivity index (χ1n) is 8.74. The molecule has 4 rings (SSSR count). The quantitative estimate of drug-likeness (QED) is 0.912. The molecular formula is C19H25NO3. The van der Waals surface area contributed by atoms with E-state index in [1.165, 1.54) is 5.56 Å². The highest BCUT2D eigenvalue weighted by atomic mass is 16.5. The fraction of sp³-hybridized carbons (Fsp3) is 0.632. The summed E-state index contributed by atoms with van der Waals surface area (Å²) in [5, 5.41) is 3.31. The number of fused-ring (bicyclic) bond motifs is 1. The number of hydrogen-bond donors (Lipinski definition) is 1. The first-order chi connectivity index (χ1) is 11.1. The molecule has 3 unspecified atom stereocenters. The van der Waals surface area contributed by atoms with Crippen LogP contribution in [0.4, 0.5) is 0 Å². The van der Waals surface area contributed by atoms with Gasteiger partial charge in [-0.25, -0.2) is 0 Å². The zero-order valence-corrected chi connectivity index (χ0v) is 13.9. The molecule has 1 aromatic rings. The predicted molar refractivity (Wildman–Crippen MR) is 87.4 cm³/mol. The number of rotatable bonds is 2. The van der Waals surface area contributed by atoms with Crippen LogP contribution in [0.5, 0.6) is 5.75 Å². The number of benzene rings is 1. The molecule has 1 N–H and O–H groups in total. The number of carbonyl (C=O) groups is 1. The van der Waals surface area contributed by atoms with E-state index in [0.29, 0.717) is 5.92 Å². The van der Waals surface area contributed by atoms with Gasteiger partial charge in [0.05, 0.1) is 19.3 Å². The maximum absolute atomic E-state index is 12.5. The Bertz CT molecular complexity index is 621. The van der Waals surface area contributed by atoms with Gasteiger partial charge in [-0.05, 0) is 25.3 Å². The van der Waals surface area contributed by atoms with E-state index >= 15 is 0 Å². The van der Waals surface area contributed by atoms with Crippen molar-refractivity contribution in [1.82, 2.24) is 5.32 Å². The Labute approximate surface area is 137 Å². The summed E-state index contributed by atoms with van der Waals surface area (Å²) in [6, 6.07) is 6.35. The van der Waals surface area contributed by atoms with Crippen molar-refractivity contribution in [3.05, 3.63) is 29.3 Å². The molecule has 2 heterocycles. The summed E-state index contributed by atoms with van der Waals surface area (Å²) in [4.78, 5) is 12.5. The molecule has 1 saturated heterocycles. The monoisotopic (exact) mass is 315 g/mol. The lowest BCUT2D eigenvalue weighted by Crippen LogP contribution is -2.48. The van der Waals surface area contributed by atoms with E-state index in [1.807, 2.05) is 0 Å². The largest absolute Gasteiger partial charge is 0.487 e. The van der Waals surface area contributed by atoms with Gasteiger partial charge in [0.1, 0.15) is 11.4 Å². The summed E-state index contributed by atoms with van der Waals surface area (Å²) in [5.41, 5.74) is 2.14. The zero-order chi connectivity index (χ0) is 16.0. The molecule has 0 aromatic heterocycles. The van der Waals surface area contributed by atoms with E-state index in [2.05, 4.69) is 37.4 Å². The molecule has 4 heteroatoms. The molecule has 3 aliphatic rings. The highest BCUT2D eigenvalue weighted by Gasteiger charge is 2.45. The second kappa shape index (κ2) is 5.52. The Morgan fingerprint density at radius 2 is 2.04 bits per heavy atom. The van der Waals surface area contributed by atoms with Gasteiger partial charge in [-0.2, -0.15) is 0 Å². The number of hydrogen-bond acceptors (Lipinski definition) is 3. The molecule has 1 spiro atoms. The SMILES string of the molecule is Cc1ccc2c(c1)C(NC(=O)C1CC1C)CC1(CCOCC1)O2. The summed E-state index contributed by atoms with van der Waals surface area (Å²) in [5.74, 6) is 1.87. The van der Waals surface area contributed by atoms with Gasteiger partial charge >= 0.3 is 0 Å². The third-order valence-corrected chi connectivity index (χ3v) is 5.61. The molecule has 23 heavy (non-hydrogen) atoms. The molecule has 0 bridgehead atoms. The predicted octanol–water partition coefficient (Wildman–Crippen LogP) is 3.14. The summed E-state index contributed by atoms with van der Waals surface area (Å²) < 4.78 is 11.9. The van der Waals surface area contributed by atoms with Gasteiger partial charge in [0, 0.05) is 30.7 Å². The lowest BCUT2D eigenvalue weighted by molar-refractivity contribution is -0.124. The summed E-state index contributed by atoms with van der Waals surface area (Å²) in [6.07, 6.45) is 3.66. The van der Waals surface area contributed by atoms with Crippen molar-refractivity contribution >= 4 is 5.91 Å². The lowest BCUT2D eigenvalue weighted by atomic mass is 9.81. The molecule has 2 fully saturated rings. The van der Waals surface area contributed by atoms with E-state index < -0.39 is 0 Å². The van der Waals surface area contributed by atoms with Crippen molar-refractivity contribution in [3.8, 4) is 5.75 Å². The van der Waals surface area contributed by atoms with Crippen molar-refractivity contribution in [2.45, 2.75) is 51.2 Å². The van der Waals surface area contributed by atoms with Gasteiger partial charge < -0.3 is 14.8 Å². The minimum atomic E-state index is -0.187. The highest BCUT2D eigenvalue weighted by Crippen LogP contribution is 2.45. The van der Waals surface area contributed by atoms with Gasteiger partial charge in [-0.1, -0.05) is 24.6 Å². The second-order valence-electron chi connectivity index (χ2n) is 7.52. The molecule has 0 radical (unpaired) electrons. The van der Waals surface area contributed by atoms with Crippen LogP contribution in [-0.2, 0) is 9.53 Å². The van der Waals surface area contributed by atoms with Crippen molar-refractivity contribution in [1.29, 1.82) is 0 Å². The van der Waals surface area contributed by atoms with Crippen LogP contribution >= 0.6 is 0 Å². The first kappa shape index (κ1) is 15.0. The lowest BCUT2D eigenvalue weighted by Gasteiger charge is -2.44. The van der Waals surface area contributed by atoms with Crippen molar-refractivity contribution in [3.63, 3.8) is 0 Å². The second-order valence-corrected chi connectivity index (χ2v) is 7.52. The fourth-order valence-corrected chi connectivity index (χ4v) is 3.93. The topological polar surface area (TPSA) is 47.6 Å². The van der Waals surface area contributed by atoms with Crippen LogP contribution in [0.25, 0.3) is 0 Å². The Balaban J connectivity index is 1.62. The third-order valence-electron chi connectivity index (χ3n) is 5.61. The van der Waals surface area contributed by atoms with E-state index in [9.17, 15) is 4.79 Å². The summed E-state index contributed by atoms with van der Waals surface area (Å²) >= 11 is 0. The van der Waals surface area contributed by atoms with Gasteiger partial charge in [0.15, 0.2) is 0 Å². The van der Waals surface area contributed by atoms with Crippen LogP contribution in [-0.4, -0.2) is 24.7 Å². The minimum absolute atomic E-state index is 0.0528. The number of aryl methyl sites for hydroxylation is 1. The van der Waals surface area contributed by atoms with Gasteiger partial charge in [-0.15, -0.1) is 0 Å². The van der Waals surface area contributed by atoms with Gasteiger partial charge in [0.2, 0.25) is 5.91 Å². The Kier molecular flexibility index (Phi) is 3.60. The average molecular weight is 315 g/mol. The Morgan fingerprint density at radius 3 is 2.74 bits per heavy atom.